The molecular weight excluding hydrogens is 516 g/mol. The number of nitrogens with zero attached hydrogens (tertiary/aromatic N) is 1. The highest BCUT2D eigenvalue weighted by Crippen LogP contribution is 2.28. The maximum absolute atomic E-state index is 13.0. The molecule has 0 aliphatic carbocycles. The van der Waals surface area contributed by atoms with Gasteiger partial charge in [0.2, 0.25) is 20.0 Å². The fourth-order valence-corrected chi connectivity index (χ4v) is 7.13. The predicted molar refractivity (Wildman–Crippen MR) is 138 cm³/mol. The van der Waals surface area contributed by atoms with Crippen LogP contribution in [0.3, 0.4) is 0 Å². The summed E-state index contributed by atoms with van der Waals surface area (Å²) < 4.78 is 60.6. The molecule has 4 rings (SSSR count). The number of aliphatic carboxylic acids is 1. The molecule has 0 aromatic heterocycles. The number of benzene rings is 3. The van der Waals surface area contributed by atoms with Crippen molar-refractivity contribution in [2.24, 2.45) is 5.92 Å². The summed E-state index contributed by atoms with van der Waals surface area (Å²) in [6.07, 6.45) is 0.421. The molecule has 0 amide bonds. The van der Waals surface area contributed by atoms with E-state index >= 15 is 0 Å². The Hall–Kier alpha value is -3.25. The molecule has 1 aliphatic rings. The number of carboxylic acids is 1. The lowest BCUT2D eigenvalue weighted by molar-refractivity contribution is -0.140. The Morgan fingerprint density at radius 1 is 0.865 bits per heavy atom. The summed E-state index contributed by atoms with van der Waals surface area (Å²) >= 11 is 0. The van der Waals surface area contributed by atoms with E-state index in [1.54, 1.807) is 49.6 Å². The summed E-state index contributed by atoms with van der Waals surface area (Å²) in [6.45, 7) is 0.202. The van der Waals surface area contributed by atoms with E-state index in [0.717, 1.165) is 11.1 Å². The highest BCUT2D eigenvalue weighted by Gasteiger charge is 2.37. The minimum absolute atomic E-state index is 0.0555. The van der Waals surface area contributed by atoms with Crippen LogP contribution in [0.4, 0.5) is 0 Å². The van der Waals surface area contributed by atoms with Gasteiger partial charge in [0.15, 0.2) is 0 Å². The number of carboxylic acid groups (broad SMARTS) is 1. The zero-order valence-corrected chi connectivity index (χ0v) is 21.8. The average Bonchev–Trinajstić information content (AvgIpc) is 2.92. The SMILES string of the molecule is COc1ccc(-c2ccc(S(=O)(=O)NC(C(=O)O)C3CCN(S(=O)(=O)c4ccccc4)CC3)cc2)cc1. The molecule has 1 unspecified atom stereocenters. The van der Waals surface area contributed by atoms with E-state index in [1.807, 2.05) is 12.1 Å². The first-order valence-corrected chi connectivity index (χ1v) is 14.6. The van der Waals surface area contributed by atoms with Crippen LogP contribution in [-0.4, -0.2) is 58.5 Å². The van der Waals surface area contributed by atoms with E-state index in [1.165, 1.54) is 28.6 Å². The lowest BCUT2D eigenvalue weighted by Crippen LogP contribution is -2.50. The molecular formula is C26H28N2O7S2. The fourth-order valence-electron chi connectivity index (χ4n) is 4.38. The molecule has 1 saturated heterocycles. The van der Waals surface area contributed by atoms with E-state index < -0.39 is 38.0 Å². The monoisotopic (exact) mass is 544 g/mol. The number of piperidine rings is 1. The molecule has 0 saturated carbocycles. The van der Waals surface area contributed by atoms with Gasteiger partial charge in [0, 0.05) is 13.1 Å². The summed E-state index contributed by atoms with van der Waals surface area (Å²) in [5.74, 6) is -1.16. The van der Waals surface area contributed by atoms with Crippen molar-refractivity contribution in [2.45, 2.75) is 28.7 Å². The predicted octanol–water partition coefficient (Wildman–Crippen LogP) is 3.19. The van der Waals surface area contributed by atoms with E-state index in [-0.39, 0.29) is 35.7 Å². The van der Waals surface area contributed by atoms with Crippen molar-refractivity contribution in [3.63, 3.8) is 0 Å². The van der Waals surface area contributed by atoms with Crippen LogP contribution < -0.4 is 9.46 Å². The van der Waals surface area contributed by atoms with Gasteiger partial charge in [-0.1, -0.05) is 42.5 Å². The lowest BCUT2D eigenvalue weighted by atomic mass is 9.91. The van der Waals surface area contributed by atoms with Crippen molar-refractivity contribution < 1.29 is 31.5 Å². The van der Waals surface area contributed by atoms with Crippen molar-refractivity contribution in [1.29, 1.82) is 0 Å². The summed E-state index contributed by atoms with van der Waals surface area (Å²) in [4.78, 5) is 12.1. The second-order valence-corrected chi connectivity index (χ2v) is 12.4. The molecule has 9 nitrogen and oxygen atoms in total. The van der Waals surface area contributed by atoms with Gasteiger partial charge in [-0.15, -0.1) is 0 Å². The van der Waals surface area contributed by atoms with Gasteiger partial charge in [-0.3, -0.25) is 4.79 Å². The molecule has 0 bridgehead atoms. The minimum atomic E-state index is -4.13. The molecule has 0 spiro atoms. The molecule has 2 N–H and O–H groups in total. The van der Waals surface area contributed by atoms with E-state index in [4.69, 9.17) is 4.74 Å². The van der Waals surface area contributed by atoms with Crippen LogP contribution in [0.2, 0.25) is 0 Å². The van der Waals surface area contributed by atoms with Crippen LogP contribution in [0.1, 0.15) is 12.8 Å². The Labute approximate surface area is 216 Å². The Bertz CT molecular complexity index is 1430. The number of hydrogen-bond donors (Lipinski definition) is 2. The zero-order chi connectivity index (χ0) is 26.6. The molecule has 0 radical (unpaired) electrons. The second-order valence-electron chi connectivity index (χ2n) is 8.74. The summed E-state index contributed by atoms with van der Waals surface area (Å²) in [7, 11) is -6.26. The molecule has 3 aromatic carbocycles. The van der Waals surface area contributed by atoms with Crippen LogP contribution in [0.15, 0.2) is 88.7 Å². The number of carbonyl (C=O) groups is 1. The van der Waals surface area contributed by atoms with Gasteiger partial charge in [0.25, 0.3) is 0 Å². The lowest BCUT2D eigenvalue weighted by Gasteiger charge is -2.34. The van der Waals surface area contributed by atoms with Crippen molar-refractivity contribution in [2.75, 3.05) is 20.2 Å². The molecule has 3 aromatic rings. The van der Waals surface area contributed by atoms with Crippen LogP contribution in [0.5, 0.6) is 5.75 Å². The van der Waals surface area contributed by atoms with Gasteiger partial charge in [0.05, 0.1) is 16.9 Å². The second kappa shape index (κ2) is 11.0. The third-order valence-electron chi connectivity index (χ3n) is 6.49. The van der Waals surface area contributed by atoms with Gasteiger partial charge >= 0.3 is 5.97 Å². The summed E-state index contributed by atoms with van der Waals surface area (Å²) in [5.41, 5.74) is 1.67. The number of methoxy groups -OCH3 is 1. The number of sulfonamides is 2. The quantitative estimate of drug-likeness (QED) is 0.423. The van der Waals surface area contributed by atoms with Crippen molar-refractivity contribution in [1.82, 2.24) is 9.03 Å². The van der Waals surface area contributed by atoms with Crippen LogP contribution in [-0.2, 0) is 24.8 Å². The first-order valence-electron chi connectivity index (χ1n) is 11.7. The topological polar surface area (TPSA) is 130 Å². The third kappa shape index (κ3) is 6.02. The van der Waals surface area contributed by atoms with Gasteiger partial charge in [0.1, 0.15) is 11.8 Å². The molecule has 1 aliphatic heterocycles. The molecule has 1 heterocycles. The van der Waals surface area contributed by atoms with Gasteiger partial charge in [-0.2, -0.15) is 9.03 Å². The Kier molecular flexibility index (Phi) is 7.98. The standard InChI is InChI=1S/C26H28N2O7S2/c1-35-22-11-7-19(8-12-22)20-9-13-23(14-10-20)36(31,32)27-25(26(29)30)21-15-17-28(18-16-21)37(33,34)24-5-3-2-4-6-24/h2-14,21,25,27H,15-18H2,1H3,(H,29,30). The molecule has 11 heteroatoms. The molecule has 196 valence electrons. The third-order valence-corrected chi connectivity index (χ3v) is 9.86. The van der Waals surface area contributed by atoms with Crippen LogP contribution >= 0.6 is 0 Å². The summed E-state index contributed by atoms with van der Waals surface area (Å²) in [5, 5.41) is 9.81. The van der Waals surface area contributed by atoms with E-state index in [9.17, 15) is 26.7 Å². The van der Waals surface area contributed by atoms with Gasteiger partial charge < -0.3 is 9.84 Å². The molecule has 37 heavy (non-hydrogen) atoms. The first-order chi connectivity index (χ1) is 17.6. The van der Waals surface area contributed by atoms with Crippen LogP contribution in [0.25, 0.3) is 11.1 Å². The van der Waals surface area contributed by atoms with E-state index in [2.05, 4.69) is 4.72 Å². The normalized spacial score (nSPS) is 16.2. The molecule has 1 atom stereocenters. The van der Waals surface area contributed by atoms with Crippen LogP contribution in [0, 0.1) is 5.92 Å². The highest BCUT2D eigenvalue weighted by atomic mass is 32.2. The fraction of sp³-hybridized carbons (Fsp3) is 0.269. The number of hydrogen-bond acceptors (Lipinski definition) is 6. The number of rotatable bonds is 9. The maximum atomic E-state index is 13.0. The Balaban J connectivity index is 1.44. The average molecular weight is 545 g/mol. The van der Waals surface area contributed by atoms with Crippen molar-refractivity contribution >= 4 is 26.0 Å². The Morgan fingerprint density at radius 3 is 1.92 bits per heavy atom. The Morgan fingerprint density at radius 2 is 1.41 bits per heavy atom. The van der Waals surface area contributed by atoms with Gasteiger partial charge in [-0.05, 0) is 66.3 Å². The highest BCUT2D eigenvalue weighted by molar-refractivity contribution is 7.89. The minimum Gasteiger partial charge on any atom is -0.497 e. The first kappa shape index (κ1) is 26.8. The largest absolute Gasteiger partial charge is 0.497 e. The van der Waals surface area contributed by atoms with Crippen molar-refractivity contribution in [3.8, 4) is 16.9 Å². The zero-order valence-electron chi connectivity index (χ0n) is 20.1. The van der Waals surface area contributed by atoms with Crippen molar-refractivity contribution in [3.05, 3.63) is 78.9 Å². The number of ether oxygens (including phenoxy) is 1. The van der Waals surface area contributed by atoms with Gasteiger partial charge in [-0.25, -0.2) is 16.8 Å². The van der Waals surface area contributed by atoms with E-state index in [0.29, 0.717) is 5.75 Å². The number of nitrogens with one attached hydrogen (secondary N) is 1. The maximum Gasteiger partial charge on any atom is 0.322 e. The summed E-state index contributed by atoms with van der Waals surface area (Å²) in [6, 6.07) is 20.1. The smallest absolute Gasteiger partial charge is 0.322 e. The molecule has 1 fully saturated rings.